The summed E-state index contributed by atoms with van der Waals surface area (Å²) >= 11 is 0. The second kappa shape index (κ2) is 8.23. The van der Waals surface area contributed by atoms with Crippen molar-refractivity contribution in [3.8, 4) is 22.4 Å². The number of nitrogens with one attached hydrogen (secondary N) is 1. The van der Waals surface area contributed by atoms with Crippen LogP contribution in [0.3, 0.4) is 0 Å². The minimum absolute atomic E-state index is 0.0779. The topological polar surface area (TPSA) is 79.5 Å². The van der Waals surface area contributed by atoms with Gasteiger partial charge in [0.15, 0.2) is 0 Å². The van der Waals surface area contributed by atoms with E-state index in [2.05, 4.69) is 4.98 Å². The molecule has 0 aliphatic rings. The fourth-order valence-electron chi connectivity index (χ4n) is 3.21. The molecule has 1 N–H and O–H groups in total. The summed E-state index contributed by atoms with van der Waals surface area (Å²) in [6.07, 6.45) is 0. The van der Waals surface area contributed by atoms with Crippen molar-refractivity contribution in [3.05, 3.63) is 71.4 Å². The molecule has 0 amide bonds. The molecule has 0 aliphatic heterocycles. The zero-order chi connectivity index (χ0) is 21.2. The summed E-state index contributed by atoms with van der Waals surface area (Å²) in [5.74, 6) is -0.532. The summed E-state index contributed by atoms with van der Waals surface area (Å²) < 4.78 is 30.4. The average Bonchev–Trinajstić information content (AvgIpc) is 3.05. The first-order valence-corrected chi connectivity index (χ1v) is 10.7. The maximum absolute atomic E-state index is 12.4. The number of esters is 1. The molecule has 0 spiro atoms. The monoisotopic (exact) mass is 412 g/mol. The van der Waals surface area contributed by atoms with Crippen LogP contribution in [0, 0.1) is 6.92 Å². The summed E-state index contributed by atoms with van der Waals surface area (Å²) in [6, 6.07) is 17.0. The van der Waals surface area contributed by atoms with Gasteiger partial charge >= 0.3 is 5.97 Å². The van der Waals surface area contributed by atoms with Crippen LogP contribution in [0.15, 0.2) is 54.6 Å². The van der Waals surface area contributed by atoms with E-state index in [1.807, 2.05) is 49.4 Å². The maximum atomic E-state index is 12.4. The van der Waals surface area contributed by atoms with Gasteiger partial charge in [-0.25, -0.2) is 17.5 Å². The normalized spacial score (nSPS) is 11.6. The second-order valence-electron chi connectivity index (χ2n) is 6.97. The van der Waals surface area contributed by atoms with Crippen LogP contribution < -0.4 is 0 Å². The van der Waals surface area contributed by atoms with Crippen LogP contribution in [0.5, 0.6) is 0 Å². The molecule has 3 rings (SSSR count). The van der Waals surface area contributed by atoms with Crippen LogP contribution in [0.4, 0.5) is 0 Å². The van der Waals surface area contributed by atoms with Crippen molar-refractivity contribution in [2.45, 2.75) is 12.7 Å². The molecule has 0 unspecified atom stereocenters. The smallest absolute Gasteiger partial charge is 0.355 e. The Bertz CT molecular complexity index is 1120. The summed E-state index contributed by atoms with van der Waals surface area (Å²) in [5.41, 5.74) is 5.35. The number of sulfonamides is 1. The van der Waals surface area contributed by atoms with Gasteiger partial charge in [-0.1, -0.05) is 54.6 Å². The zero-order valence-corrected chi connectivity index (χ0v) is 17.7. The van der Waals surface area contributed by atoms with Gasteiger partial charge in [-0.05, 0) is 29.2 Å². The quantitative estimate of drug-likeness (QED) is 0.624. The summed E-state index contributed by atoms with van der Waals surface area (Å²) in [5, 5.41) is 0. The van der Waals surface area contributed by atoms with Gasteiger partial charge in [-0.3, -0.25) is 0 Å². The highest BCUT2D eigenvalue weighted by molar-refractivity contribution is 7.88. The van der Waals surface area contributed by atoms with Crippen LogP contribution in [0.25, 0.3) is 22.4 Å². The number of H-pyrrole nitrogens is 1. The largest absolute Gasteiger partial charge is 0.464 e. The highest BCUT2D eigenvalue weighted by Gasteiger charge is 2.22. The van der Waals surface area contributed by atoms with Gasteiger partial charge in [0.2, 0.25) is 10.0 Å². The van der Waals surface area contributed by atoms with Gasteiger partial charge in [0.25, 0.3) is 0 Å². The Morgan fingerprint density at radius 2 is 1.62 bits per heavy atom. The minimum atomic E-state index is -3.34. The lowest BCUT2D eigenvalue weighted by molar-refractivity contribution is 0.0596. The van der Waals surface area contributed by atoms with E-state index in [1.54, 1.807) is 12.1 Å². The first-order chi connectivity index (χ1) is 13.7. The third-order valence-electron chi connectivity index (χ3n) is 4.85. The Morgan fingerprint density at radius 1 is 1.00 bits per heavy atom. The number of carbonyl (C=O) groups excluding carboxylic acids is 1. The number of hydrogen-bond acceptors (Lipinski definition) is 4. The third kappa shape index (κ3) is 4.26. The van der Waals surface area contributed by atoms with Crippen LogP contribution in [0.1, 0.15) is 21.6 Å². The molecule has 3 aromatic rings. The first kappa shape index (κ1) is 20.8. The minimum Gasteiger partial charge on any atom is -0.464 e. The molecule has 29 heavy (non-hydrogen) atoms. The molecule has 7 heteroatoms. The summed E-state index contributed by atoms with van der Waals surface area (Å²) in [7, 11) is 1.03. The Labute approximate surface area is 171 Å². The summed E-state index contributed by atoms with van der Waals surface area (Å²) in [6.45, 7) is 1.95. The second-order valence-corrected chi connectivity index (χ2v) is 9.15. The number of aromatic nitrogens is 1. The number of rotatable bonds is 6. The molecule has 2 aromatic carbocycles. The molecule has 0 fully saturated rings. The van der Waals surface area contributed by atoms with Gasteiger partial charge in [0.05, 0.1) is 12.9 Å². The van der Waals surface area contributed by atoms with Gasteiger partial charge in [0, 0.05) is 25.4 Å². The van der Waals surface area contributed by atoms with Crippen molar-refractivity contribution in [2.24, 2.45) is 0 Å². The maximum Gasteiger partial charge on any atom is 0.355 e. The van der Waals surface area contributed by atoms with E-state index in [0.717, 1.165) is 27.9 Å². The lowest BCUT2D eigenvalue weighted by Crippen LogP contribution is -2.23. The van der Waals surface area contributed by atoms with Crippen molar-refractivity contribution in [2.75, 3.05) is 21.2 Å². The third-order valence-corrected chi connectivity index (χ3v) is 6.66. The number of hydrogen-bond donors (Lipinski definition) is 1. The molecule has 1 heterocycles. The fraction of sp³-hybridized carbons (Fsp3) is 0.227. The molecular formula is C22H24N2O4S. The van der Waals surface area contributed by atoms with Crippen LogP contribution in [-0.2, 0) is 20.5 Å². The van der Waals surface area contributed by atoms with E-state index in [-0.39, 0.29) is 5.75 Å². The van der Waals surface area contributed by atoms with Crippen LogP contribution in [0.2, 0.25) is 0 Å². The number of aromatic amines is 1. The van der Waals surface area contributed by atoms with Crippen LogP contribution in [-0.4, -0.2) is 44.9 Å². The zero-order valence-electron chi connectivity index (χ0n) is 16.9. The molecule has 0 bridgehead atoms. The molecule has 0 atom stereocenters. The highest BCUT2D eigenvalue weighted by atomic mass is 32.2. The van der Waals surface area contributed by atoms with Crippen molar-refractivity contribution in [1.29, 1.82) is 0 Å². The number of ether oxygens (including phenoxy) is 1. The first-order valence-electron chi connectivity index (χ1n) is 9.10. The van der Waals surface area contributed by atoms with Crippen molar-refractivity contribution in [1.82, 2.24) is 9.29 Å². The predicted molar refractivity (Wildman–Crippen MR) is 114 cm³/mol. The molecule has 1 aromatic heterocycles. The fourth-order valence-corrected chi connectivity index (χ4v) is 4.08. The summed E-state index contributed by atoms with van der Waals surface area (Å²) in [4.78, 5) is 15.6. The molecular weight excluding hydrogens is 388 g/mol. The molecule has 0 saturated heterocycles. The lowest BCUT2D eigenvalue weighted by atomic mass is 9.98. The molecule has 0 radical (unpaired) electrons. The Kier molecular flexibility index (Phi) is 5.91. The van der Waals surface area contributed by atoms with Gasteiger partial charge in [-0.2, -0.15) is 0 Å². The highest BCUT2D eigenvalue weighted by Crippen LogP contribution is 2.35. The lowest BCUT2D eigenvalue weighted by Gasteiger charge is -2.12. The predicted octanol–water partition coefficient (Wildman–Crippen LogP) is 3.84. The van der Waals surface area contributed by atoms with E-state index in [4.69, 9.17) is 4.74 Å². The van der Waals surface area contributed by atoms with E-state index >= 15 is 0 Å². The Balaban J connectivity index is 2.06. The van der Waals surface area contributed by atoms with Gasteiger partial charge < -0.3 is 9.72 Å². The number of benzene rings is 2. The van der Waals surface area contributed by atoms with E-state index in [1.165, 1.54) is 25.5 Å². The number of carbonyl (C=O) groups is 1. The standard InChI is InChI=1S/C22H24N2O4S/c1-15-19(17-12-10-16(11-13-17)14-29(26,27)24(2)3)21(22(25)28-4)23-20(15)18-8-6-5-7-9-18/h5-13,23H,14H2,1-4H3. The Hall–Kier alpha value is -2.90. The van der Waals surface area contributed by atoms with E-state index < -0.39 is 16.0 Å². The van der Waals surface area contributed by atoms with E-state index in [0.29, 0.717) is 11.3 Å². The molecule has 152 valence electrons. The van der Waals surface area contributed by atoms with Crippen molar-refractivity contribution >= 4 is 16.0 Å². The van der Waals surface area contributed by atoms with Gasteiger partial charge in [-0.15, -0.1) is 0 Å². The average molecular weight is 413 g/mol. The number of methoxy groups -OCH3 is 1. The Morgan fingerprint density at radius 3 is 2.17 bits per heavy atom. The molecule has 0 saturated carbocycles. The SMILES string of the molecule is COC(=O)c1[nH]c(-c2ccccc2)c(C)c1-c1ccc(CS(=O)(=O)N(C)C)cc1. The van der Waals surface area contributed by atoms with Crippen molar-refractivity contribution < 1.29 is 17.9 Å². The number of nitrogens with zero attached hydrogens (tertiary/aromatic N) is 1. The molecule has 0 aliphatic carbocycles. The van der Waals surface area contributed by atoms with Gasteiger partial charge in [0.1, 0.15) is 5.69 Å². The van der Waals surface area contributed by atoms with Crippen molar-refractivity contribution in [3.63, 3.8) is 0 Å². The molecule has 6 nitrogen and oxygen atoms in total. The van der Waals surface area contributed by atoms with Crippen LogP contribution >= 0.6 is 0 Å². The van der Waals surface area contributed by atoms with E-state index in [9.17, 15) is 13.2 Å².